The summed E-state index contributed by atoms with van der Waals surface area (Å²) in [5.74, 6) is -4.47. The molecule has 0 aliphatic heterocycles. The van der Waals surface area contributed by atoms with E-state index in [0.717, 1.165) is 0 Å². The topological polar surface area (TPSA) is 42.0 Å². The van der Waals surface area contributed by atoms with E-state index in [4.69, 9.17) is 11.6 Å². The Bertz CT molecular complexity index is 649. The predicted molar refractivity (Wildman–Crippen MR) is 63.5 cm³/mol. The first kappa shape index (κ1) is 13.4. The fourth-order valence-electron chi connectivity index (χ4n) is 1.36. The van der Waals surface area contributed by atoms with Gasteiger partial charge in [0.15, 0.2) is 11.6 Å². The summed E-state index contributed by atoms with van der Waals surface area (Å²) >= 11 is 5.68. The second-order valence-corrected chi connectivity index (χ2v) is 3.90. The van der Waals surface area contributed by atoms with Gasteiger partial charge in [-0.3, -0.25) is 4.79 Å². The molecule has 98 valence electrons. The van der Waals surface area contributed by atoms with Crippen LogP contribution in [-0.2, 0) is 0 Å². The van der Waals surface area contributed by atoms with Crippen molar-refractivity contribution in [3.8, 4) is 0 Å². The molecule has 0 saturated heterocycles. The van der Waals surface area contributed by atoms with Crippen LogP contribution in [0.2, 0.25) is 5.15 Å². The summed E-state index contributed by atoms with van der Waals surface area (Å²) in [5, 5.41) is 2.01. The minimum absolute atomic E-state index is 0.00620. The molecule has 1 N–H and O–H groups in total. The number of pyridine rings is 1. The molecule has 0 spiro atoms. The van der Waals surface area contributed by atoms with Crippen LogP contribution in [0.1, 0.15) is 10.4 Å². The van der Waals surface area contributed by atoms with Crippen LogP contribution < -0.4 is 5.32 Å². The van der Waals surface area contributed by atoms with Crippen molar-refractivity contribution < 1.29 is 18.0 Å². The van der Waals surface area contributed by atoms with Crippen LogP contribution in [0, 0.1) is 17.5 Å². The average Bonchev–Trinajstić information content (AvgIpc) is 2.36. The molecular formula is C12H6ClF3N2O. The fourth-order valence-corrected chi connectivity index (χ4v) is 1.57. The van der Waals surface area contributed by atoms with Crippen molar-refractivity contribution in [2.24, 2.45) is 0 Å². The zero-order valence-corrected chi connectivity index (χ0v) is 10.0. The second kappa shape index (κ2) is 5.27. The van der Waals surface area contributed by atoms with Crippen molar-refractivity contribution in [2.45, 2.75) is 0 Å². The molecule has 0 unspecified atom stereocenters. The van der Waals surface area contributed by atoms with Crippen molar-refractivity contribution in [3.05, 3.63) is 58.6 Å². The molecule has 0 fully saturated rings. The van der Waals surface area contributed by atoms with Crippen LogP contribution in [0.25, 0.3) is 0 Å². The van der Waals surface area contributed by atoms with E-state index in [1.165, 1.54) is 18.3 Å². The highest BCUT2D eigenvalue weighted by atomic mass is 35.5. The molecule has 1 amide bonds. The number of aromatic nitrogens is 1. The molecule has 2 rings (SSSR count). The lowest BCUT2D eigenvalue weighted by atomic mass is 10.2. The Hall–Kier alpha value is -2.08. The van der Waals surface area contributed by atoms with Gasteiger partial charge in [-0.1, -0.05) is 11.6 Å². The fraction of sp³-hybridized carbons (Fsp3) is 0. The number of carbonyl (C=O) groups excluding carboxylic acids is 1. The number of rotatable bonds is 2. The van der Waals surface area contributed by atoms with Crippen molar-refractivity contribution in [1.29, 1.82) is 0 Å². The largest absolute Gasteiger partial charge is 0.319 e. The minimum atomic E-state index is -1.34. The van der Waals surface area contributed by atoms with E-state index in [-0.39, 0.29) is 10.7 Å². The molecule has 0 bridgehead atoms. The first-order valence-corrected chi connectivity index (χ1v) is 5.43. The smallest absolute Gasteiger partial charge is 0.258 e. The zero-order chi connectivity index (χ0) is 14.0. The first-order valence-electron chi connectivity index (χ1n) is 5.05. The van der Waals surface area contributed by atoms with E-state index in [1.807, 2.05) is 0 Å². The van der Waals surface area contributed by atoms with E-state index >= 15 is 0 Å². The lowest BCUT2D eigenvalue weighted by Gasteiger charge is -2.07. The summed E-state index contributed by atoms with van der Waals surface area (Å²) in [7, 11) is 0. The molecule has 0 saturated carbocycles. The number of hydrogen-bond donors (Lipinski definition) is 1. The normalized spacial score (nSPS) is 10.3. The van der Waals surface area contributed by atoms with E-state index in [2.05, 4.69) is 10.3 Å². The third-order valence-corrected chi connectivity index (χ3v) is 2.56. The molecule has 0 radical (unpaired) electrons. The number of hydrogen-bond acceptors (Lipinski definition) is 2. The SMILES string of the molecule is O=C(Nc1cc(F)c(F)cc1F)c1cccnc1Cl. The molecule has 0 aliphatic carbocycles. The monoisotopic (exact) mass is 286 g/mol. The first-order chi connectivity index (χ1) is 8.99. The number of carbonyl (C=O) groups is 1. The Morgan fingerprint density at radius 1 is 1.16 bits per heavy atom. The number of anilines is 1. The number of nitrogens with one attached hydrogen (secondary N) is 1. The van der Waals surface area contributed by atoms with Gasteiger partial charge in [0, 0.05) is 18.3 Å². The van der Waals surface area contributed by atoms with Crippen LogP contribution in [0.5, 0.6) is 0 Å². The van der Waals surface area contributed by atoms with Gasteiger partial charge >= 0.3 is 0 Å². The highest BCUT2D eigenvalue weighted by Crippen LogP contribution is 2.20. The van der Waals surface area contributed by atoms with Crippen molar-refractivity contribution >= 4 is 23.2 Å². The van der Waals surface area contributed by atoms with Crippen molar-refractivity contribution in [3.63, 3.8) is 0 Å². The van der Waals surface area contributed by atoms with Crippen LogP contribution >= 0.6 is 11.6 Å². The summed E-state index contributed by atoms with van der Waals surface area (Å²) in [6.45, 7) is 0. The minimum Gasteiger partial charge on any atom is -0.319 e. The standard InChI is InChI=1S/C12H6ClF3N2O/c13-11-6(2-1-3-17-11)12(19)18-10-5-8(15)7(14)4-9(10)16/h1-5H,(H,18,19). The van der Waals surface area contributed by atoms with Gasteiger partial charge in [-0.05, 0) is 12.1 Å². The highest BCUT2D eigenvalue weighted by molar-refractivity contribution is 6.33. The molecule has 19 heavy (non-hydrogen) atoms. The lowest BCUT2D eigenvalue weighted by molar-refractivity contribution is 0.102. The number of amides is 1. The summed E-state index contributed by atoms with van der Waals surface area (Å²) in [6, 6.07) is 3.72. The van der Waals surface area contributed by atoms with Crippen molar-refractivity contribution in [2.75, 3.05) is 5.32 Å². The summed E-state index contributed by atoms with van der Waals surface area (Å²) < 4.78 is 39.0. The Morgan fingerprint density at radius 2 is 1.84 bits per heavy atom. The van der Waals surface area contributed by atoms with Gasteiger partial charge in [-0.2, -0.15) is 0 Å². The summed E-state index contributed by atoms with van der Waals surface area (Å²) in [6.07, 6.45) is 1.37. The molecule has 3 nitrogen and oxygen atoms in total. The van der Waals surface area contributed by atoms with Crippen LogP contribution in [0.3, 0.4) is 0 Å². The Labute approximate surface area is 111 Å². The lowest BCUT2D eigenvalue weighted by Crippen LogP contribution is -2.14. The van der Waals surface area contributed by atoms with E-state index < -0.39 is 29.0 Å². The number of benzene rings is 1. The number of halogens is 4. The van der Waals surface area contributed by atoms with Crippen molar-refractivity contribution in [1.82, 2.24) is 4.98 Å². The predicted octanol–water partition coefficient (Wildman–Crippen LogP) is 3.40. The highest BCUT2D eigenvalue weighted by Gasteiger charge is 2.15. The molecular weight excluding hydrogens is 281 g/mol. The third kappa shape index (κ3) is 2.85. The average molecular weight is 287 g/mol. The van der Waals surface area contributed by atoms with Gasteiger partial charge in [-0.15, -0.1) is 0 Å². The molecule has 1 aromatic carbocycles. The quantitative estimate of drug-likeness (QED) is 0.679. The molecule has 7 heteroatoms. The number of nitrogens with zero attached hydrogens (tertiary/aromatic N) is 1. The Morgan fingerprint density at radius 3 is 2.53 bits per heavy atom. The van der Waals surface area contributed by atoms with Crippen LogP contribution in [0.15, 0.2) is 30.5 Å². The Kier molecular flexibility index (Phi) is 3.71. The molecule has 0 aliphatic rings. The maximum Gasteiger partial charge on any atom is 0.258 e. The molecule has 0 atom stereocenters. The van der Waals surface area contributed by atoms with Gasteiger partial charge in [0.25, 0.3) is 5.91 Å². The summed E-state index contributed by atoms with van der Waals surface area (Å²) in [4.78, 5) is 15.4. The molecule has 1 heterocycles. The van der Waals surface area contributed by atoms with Gasteiger partial charge < -0.3 is 5.32 Å². The molecule has 1 aromatic heterocycles. The molecule has 2 aromatic rings. The second-order valence-electron chi connectivity index (χ2n) is 3.54. The zero-order valence-electron chi connectivity index (χ0n) is 9.25. The van der Waals surface area contributed by atoms with E-state index in [9.17, 15) is 18.0 Å². The van der Waals surface area contributed by atoms with Gasteiger partial charge in [0.2, 0.25) is 0 Å². The van der Waals surface area contributed by atoms with E-state index in [1.54, 1.807) is 0 Å². The van der Waals surface area contributed by atoms with Crippen LogP contribution in [-0.4, -0.2) is 10.9 Å². The maximum absolute atomic E-state index is 13.3. The maximum atomic E-state index is 13.3. The third-order valence-electron chi connectivity index (χ3n) is 2.26. The van der Waals surface area contributed by atoms with Crippen LogP contribution in [0.4, 0.5) is 18.9 Å². The van der Waals surface area contributed by atoms with Gasteiger partial charge in [-0.25, -0.2) is 18.2 Å². The van der Waals surface area contributed by atoms with Gasteiger partial charge in [0.05, 0.1) is 11.3 Å². The summed E-state index contributed by atoms with van der Waals surface area (Å²) in [5.41, 5.74) is -0.489. The van der Waals surface area contributed by atoms with Gasteiger partial charge in [0.1, 0.15) is 11.0 Å². The van der Waals surface area contributed by atoms with E-state index in [0.29, 0.717) is 12.1 Å². The Balaban J connectivity index is 2.30.